The molecule has 2 aliphatic heterocycles. The lowest BCUT2D eigenvalue weighted by Gasteiger charge is -2.42. The number of hydrogen-bond donors (Lipinski definition) is 1. The summed E-state index contributed by atoms with van der Waals surface area (Å²) in [5.74, 6) is 0.501. The smallest absolute Gasteiger partial charge is 0.224 e. The van der Waals surface area contributed by atoms with Crippen molar-refractivity contribution in [1.29, 1.82) is 0 Å². The van der Waals surface area contributed by atoms with E-state index in [1.807, 2.05) is 0 Å². The minimum absolute atomic E-state index is 0.198. The van der Waals surface area contributed by atoms with Crippen molar-refractivity contribution in [3.05, 3.63) is 42.1 Å². The van der Waals surface area contributed by atoms with Crippen molar-refractivity contribution in [2.75, 3.05) is 26.2 Å². The predicted molar refractivity (Wildman–Crippen MR) is 116 cm³/mol. The Morgan fingerprint density at radius 3 is 2.66 bits per heavy atom. The van der Waals surface area contributed by atoms with Crippen molar-refractivity contribution in [2.45, 2.75) is 57.2 Å². The van der Waals surface area contributed by atoms with Crippen LogP contribution in [0, 0.1) is 5.92 Å². The van der Waals surface area contributed by atoms with Crippen LogP contribution in [0.3, 0.4) is 0 Å². The molecule has 1 aromatic carbocycles. The molecule has 0 spiro atoms. The molecule has 29 heavy (non-hydrogen) atoms. The fraction of sp³-hybridized carbons (Fsp3) is 0.583. The average molecular weight is 393 g/mol. The van der Waals surface area contributed by atoms with Crippen LogP contribution in [0.15, 0.2) is 36.4 Å². The number of piperidine rings is 2. The third-order valence-electron chi connectivity index (χ3n) is 6.86. The van der Waals surface area contributed by atoms with Crippen LogP contribution in [-0.2, 0) is 11.3 Å². The highest BCUT2D eigenvalue weighted by Crippen LogP contribution is 2.26. The SMILES string of the molecule is O=C(NC1CC1)[C@H]1CCCN(C2CCN(Cc3ccc4ccccc4n3)CC2)C1. The van der Waals surface area contributed by atoms with Crippen molar-refractivity contribution in [3.63, 3.8) is 0 Å². The van der Waals surface area contributed by atoms with Gasteiger partial charge in [0.1, 0.15) is 0 Å². The fourth-order valence-corrected chi connectivity index (χ4v) is 4.97. The second-order valence-corrected chi connectivity index (χ2v) is 9.12. The van der Waals surface area contributed by atoms with Crippen molar-refractivity contribution in [2.24, 2.45) is 5.92 Å². The molecule has 1 N–H and O–H groups in total. The second-order valence-electron chi connectivity index (χ2n) is 9.12. The Hall–Kier alpha value is -1.98. The van der Waals surface area contributed by atoms with E-state index in [-0.39, 0.29) is 5.92 Å². The lowest BCUT2D eigenvalue weighted by Crippen LogP contribution is -2.50. The number of amides is 1. The number of nitrogens with zero attached hydrogens (tertiary/aromatic N) is 3. The summed E-state index contributed by atoms with van der Waals surface area (Å²) in [5, 5.41) is 4.42. The standard InChI is InChI=1S/C24H32N4O/c29-24(26-20-9-10-20)19-5-3-13-28(16-19)22-11-14-27(15-12-22)17-21-8-7-18-4-1-2-6-23(18)25-21/h1-2,4,6-8,19-20,22H,3,5,9-17H2,(H,26,29)/t19-/m0/s1. The molecule has 3 fully saturated rings. The van der Waals surface area contributed by atoms with E-state index in [2.05, 4.69) is 51.5 Å². The van der Waals surface area contributed by atoms with Gasteiger partial charge in [-0.25, -0.2) is 0 Å². The number of fused-ring (bicyclic) bond motifs is 1. The van der Waals surface area contributed by atoms with Gasteiger partial charge in [0, 0.05) is 43.6 Å². The number of rotatable bonds is 5. The van der Waals surface area contributed by atoms with Gasteiger partial charge >= 0.3 is 0 Å². The largest absolute Gasteiger partial charge is 0.353 e. The maximum atomic E-state index is 12.5. The normalized spacial score (nSPS) is 24.6. The third-order valence-corrected chi connectivity index (χ3v) is 6.86. The summed E-state index contributed by atoms with van der Waals surface area (Å²) in [4.78, 5) is 22.5. The molecule has 2 aromatic rings. The molecule has 1 aliphatic carbocycles. The Bertz CT molecular complexity index is 857. The molecule has 1 saturated carbocycles. The molecule has 1 amide bonds. The maximum absolute atomic E-state index is 12.5. The average Bonchev–Trinajstić information content (AvgIpc) is 3.58. The van der Waals surface area contributed by atoms with Crippen LogP contribution < -0.4 is 5.32 Å². The summed E-state index contributed by atoms with van der Waals surface area (Å²) < 4.78 is 0. The number of carbonyl (C=O) groups is 1. The minimum atomic E-state index is 0.198. The zero-order valence-electron chi connectivity index (χ0n) is 17.2. The molecule has 3 aliphatic rings. The van der Waals surface area contributed by atoms with E-state index in [0.717, 1.165) is 56.8 Å². The summed E-state index contributed by atoms with van der Waals surface area (Å²) in [6, 6.07) is 13.8. The molecule has 154 valence electrons. The first-order chi connectivity index (χ1) is 14.2. The monoisotopic (exact) mass is 392 g/mol. The van der Waals surface area contributed by atoms with Gasteiger partial charge in [0.05, 0.1) is 17.1 Å². The van der Waals surface area contributed by atoms with Gasteiger partial charge in [-0.15, -0.1) is 0 Å². The van der Waals surface area contributed by atoms with E-state index < -0.39 is 0 Å². The molecule has 5 nitrogen and oxygen atoms in total. The topological polar surface area (TPSA) is 48.5 Å². The van der Waals surface area contributed by atoms with E-state index in [4.69, 9.17) is 4.98 Å². The molecule has 0 radical (unpaired) electrons. The van der Waals surface area contributed by atoms with Gasteiger partial charge in [0.2, 0.25) is 5.91 Å². The summed E-state index contributed by atoms with van der Waals surface area (Å²) >= 11 is 0. The molecule has 5 rings (SSSR count). The Morgan fingerprint density at radius 2 is 1.83 bits per heavy atom. The molecule has 3 heterocycles. The van der Waals surface area contributed by atoms with E-state index in [0.29, 0.717) is 18.0 Å². The van der Waals surface area contributed by atoms with Gasteiger partial charge in [-0.05, 0) is 57.2 Å². The Balaban J connectivity index is 1.13. The van der Waals surface area contributed by atoms with Crippen LogP contribution >= 0.6 is 0 Å². The zero-order valence-corrected chi connectivity index (χ0v) is 17.2. The van der Waals surface area contributed by atoms with Crippen LogP contribution in [0.4, 0.5) is 0 Å². The number of hydrogen-bond acceptors (Lipinski definition) is 4. The second kappa shape index (κ2) is 8.41. The van der Waals surface area contributed by atoms with E-state index >= 15 is 0 Å². The van der Waals surface area contributed by atoms with Gasteiger partial charge < -0.3 is 5.32 Å². The molecule has 0 unspecified atom stereocenters. The minimum Gasteiger partial charge on any atom is -0.353 e. The molecule has 5 heteroatoms. The predicted octanol–water partition coefficient (Wildman–Crippen LogP) is 3.19. The van der Waals surface area contributed by atoms with Crippen LogP contribution in [0.2, 0.25) is 0 Å². The molecule has 1 atom stereocenters. The van der Waals surface area contributed by atoms with Gasteiger partial charge in [-0.2, -0.15) is 0 Å². The van der Waals surface area contributed by atoms with E-state index in [1.165, 1.54) is 31.1 Å². The first kappa shape index (κ1) is 19.0. The van der Waals surface area contributed by atoms with Crippen LogP contribution in [0.25, 0.3) is 10.9 Å². The molecule has 0 bridgehead atoms. The lowest BCUT2D eigenvalue weighted by molar-refractivity contribution is -0.127. The van der Waals surface area contributed by atoms with E-state index in [9.17, 15) is 4.79 Å². The number of likely N-dealkylation sites (tertiary alicyclic amines) is 2. The Morgan fingerprint density at radius 1 is 1.00 bits per heavy atom. The number of pyridine rings is 1. The molecular formula is C24H32N4O. The number of nitrogens with one attached hydrogen (secondary N) is 1. The van der Waals surface area contributed by atoms with Gasteiger partial charge in [0.25, 0.3) is 0 Å². The van der Waals surface area contributed by atoms with Crippen molar-refractivity contribution >= 4 is 16.8 Å². The lowest BCUT2D eigenvalue weighted by atomic mass is 9.93. The van der Waals surface area contributed by atoms with Crippen LogP contribution in [-0.4, -0.2) is 59.0 Å². The van der Waals surface area contributed by atoms with E-state index in [1.54, 1.807) is 0 Å². The van der Waals surface area contributed by atoms with Gasteiger partial charge in [-0.3, -0.25) is 19.6 Å². The van der Waals surface area contributed by atoms with Crippen molar-refractivity contribution in [3.8, 4) is 0 Å². The fourth-order valence-electron chi connectivity index (χ4n) is 4.97. The summed E-state index contributed by atoms with van der Waals surface area (Å²) in [7, 11) is 0. The third kappa shape index (κ3) is 4.62. The number of carbonyl (C=O) groups excluding carboxylic acids is 1. The molecular weight excluding hydrogens is 360 g/mol. The van der Waals surface area contributed by atoms with Gasteiger partial charge in [-0.1, -0.05) is 24.3 Å². The zero-order chi connectivity index (χ0) is 19.6. The highest BCUT2D eigenvalue weighted by molar-refractivity contribution is 5.79. The quantitative estimate of drug-likeness (QED) is 0.849. The highest BCUT2D eigenvalue weighted by atomic mass is 16.2. The Labute approximate surface area is 173 Å². The maximum Gasteiger partial charge on any atom is 0.224 e. The highest BCUT2D eigenvalue weighted by Gasteiger charge is 2.33. The van der Waals surface area contributed by atoms with Gasteiger partial charge in [0.15, 0.2) is 0 Å². The number of benzene rings is 1. The number of para-hydroxylation sites is 1. The number of aromatic nitrogens is 1. The molecule has 1 aromatic heterocycles. The summed E-state index contributed by atoms with van der Waals surface area (Å²) in [5.41, 5.74) is 2.25. The first-order valence-electron chi connectivity index (χ1n) is 11.4. The van der Waals surface area contributed by atoms with Crippen molar-refractivity contribution in [1.82, 2.24) is 20.1 Å². The van der Waals surface area contributed by atoms with Crippen LogP contribution in [0.5, 0.6) is 0 Å². The summed E-state index contributed by atoms with van der Waals surface area (Å²) in [6.07, 6.45) is 6.96. The molecule has 2 saturated heterocycles. The Kier molecular flexibility index (Phi) is 5.51. The first-order valence-corrected chi connectivity index (χ1v) is 11.4. The summed E-state index contributed by atoms with van der Waals surface area (Å²) in [6.45, 7) is 5.28. The van der Waals surface area contributed by atoms with Crippen molar-refractivity contribution < 1.29 is 4.79 Å². The van der Waals surface area contributed by atoms with Crippen LogP contribution in [0.1, 0.15) is 44.2 Å².